The predicted octanol–water partition coefficient (Wildman–Crippen LogP) is -4.19. The van der Waals surface area contributed by atoms with Crippen molar-refractivity contribution in [2.45, 2.75) is 18.3 Å². The van der Waals surface area contributed by atoms with Crippen molar-refractivity contribution in [2.75, 3.05) is 13.2 Å². The van der Waals surface area contributed by atoms with Gasteiger partial charge in [0.2, 0.25) is 5.91 Å². The van der Waals surface area contributed by atoms with Crippen LogP contribution < -0.4 is 11.5 Å². The molecule has 0 rings (SSSR count). The molecule has 0 fully saturated rings. The van der Waals surface area contributed by atoms with Crippen molar-refractivity contribution in [1.29, 1.82) is 0 Å². The Labute approximate surface area is 108 Å². The van der Waals surface area contributed by atoms with Crippen LogP contribution in [0.5, 0.6) is 0 Å². The van der Waals surface area contributed by atoms with Crippen molar-refractivity contribution in [1.82, 2.24) is 0 Å². The fraction of sp³-hybridized carbons (Fsp3) is 0.714. The second kappa shape index (κ2) is 9.95. The third-order valence-corrected chi connectivity index (χ3v) is 2.03. The summed E-state index contributed by atoms with van der Waals surface area (Å²) in [5.74, 6) is -0.468. The van der Waals surface area contributed by atoms with E-state index in [1.165, 1.54) is 0 Å². The number of aliphatic hydroxyl groups excluding tert-OH is 3. The van der Waals surface area contributed by atoms with Crippen LogP contribution >= 0.6 is 7.82 Å². The number of phosphoric ester groups is 1. The smallest absolute Gasteiger partial charge is 0.394 e. The monoisotopic (exact) mass is 304 g/mol. The van der Waals surface area contributed by atoms with Gasteiger partial charge in [-0.15, -0.1) is 0 Å². The van der Waals surface area contributed by atoms with Crippen molar-refractivity contribution in [3.05, 3.63) is 0 Å². The fourth-order valence-electron chi connectivity index (χ4n) is 0.653. The van der Waals surface area contributed by atoms with Crippen molar-refractivity contribution in [3.8, 4) is 0 Å². The number of rotatable bonds is 7. The summed E-state index contributed by atoms with van der Waals surface area (Å²) >= 11 is 0. The van der Waals surface area contributed by atoms with Crippen LogP contribution in [0.15, 0.2) is 0 Å². The normalized spacial score (nSPS) is 15.7. The predicted molar refractivity (Wildman–Crippen MR) is 60.3 cm³/mol. The Morgan fingerprint density at radius 1 is 1.37 bits per heavy atom. The van der Waals surface area contributed by atoms with Gasteiger partial charge < -0.3 is 41.4 Å². The van der Waals surface area contributed by atoms with Crippen LogP contribution in [0, 0.1) is 0 Å². The number of hydrogen-bond donors (Lipinski definition) is 7. The Balaban J connectivity index is 0. The maximum absolute atomic E-state index is 10.3. The minimum absolute atomic E-state index is 0.0556. The molecular weight excluding hydrogens is 287 g/mol. The average molecular weight is 304 g/mol. The van der Waals surface area contributed by atoms with E-state index in [9.17, 15) is 14.2 Å². The highest BCUT2D eigenvalue weighted by Crippen LogP contribution is 2.38. The van der Waals surface area contributed by atoms with Gasteiger partial charge in [0.25, 0.3) is 0 Å². The van der Waals surface area contributed by atoms with Gasteiger partial charge in [0, 0.05) is 0 Å². The SMILES string of the molecule is NCC(N)=O.O=C[C@H](OP(=O)(O)O)[C@H](O)[C@H](O)CO. The van der Waals surface area contributed by atoms with E-state index in [0.29, 0.717) is 0 Å². The molecule has 0 heterocycles. The first-order chi connectivity index (χ1) is 8.58. The average Bonchev–Trinajstić information content (AvgIpc) is 2.33. The van der Waals surface area contributed by atoms with Gasteiger partial charge in [-0.1, -0.05) is 0 Å². The molecular formula is C7H17N2O9P. The fourth-order valence-corrected chi connectivity index (χ4v) is 1.14. The molecule has 11 nitrogen and oxygen atoms in total. The van der Waals surface area contributed by atoms with Gasteiger partial charge >= 0.3 is 7.82 Å². The molecule has 0 aliphatic heterocycles. The van der Waals surface area contributed by atoms with E-state index in [4.69, 9.17) is 30.8 Å². The van der Waals surface area contributed by atoms with Gasteiger partial charge in [-0.25, -0.2) is 4.57 Å². The van der Waals surface area contributed by atoms with Crippen molar-refractivity contribution < 1.29 is 43.8 Å². The molecule has 0 bridgehead atoms. The summed E-state index contributed by atoms with van der Waals surface area (Å²) in [6.45, 7) is -0.921. The van der Waals surface area contributed by atoms with Gasteiger partial charge in [-0.05, 0) is 0 Å². The Hall–Kier alpha value is -0.910. The number of nitrogens with two attached hydrogens (primary N) is 2. The lowest BCUT2D eigenvalue weighted by atomic mass is 10.1. The zero-order chi connectivity index (χ0) is 15.6. The molecule has 0 spiro atoms. The van der Waals surface area contributed by atoms with Crippen LogP contribution in [0.4, 0.5) is 0 Å². The summed E-state index contributed by atoms with van der Waals surface area (Å²) in [6.07, 6.45) is -5.58. The third-order valence-electron chi connectivity index (χ3n) is 1.51. The number of aldehydes is 1. The Morgan fingerprint density at radius 2 is 1.79 bits per heavy atom. The Morgan fingerprint density at radius 3 is 2.00 bits per heavy atom. The molecule has 0 aliphatic rings. The van der Waals surface area contributed by atoms with Crippen molar-refractivity contribution >= 4 is 20.0 Å². The van der Waals surface area contributed by atoms with Crippen LogP contribution in [0.1, 0.15) is 0 Å². The van der Waals surface area contributed by atoms with Gasteiger partial charge in [0.15, 0.2) is 12.4 Å². The number of phosphoric acid groups is 1. The first-order valence-corrected chi connectivity index (χ1v) is 6.26. The molecule has 0 saturated heterocycles. The largest absolute Gasteiger partial charge is 0.470 e. The summed E-state index contributed by atoms with van der Waals surface area (Å²) in [5, 5.41) is 26.2. The van der Waals surface area contributed by atoms with Crippen molar-refractivity contribution in [2.24, 2.45) is 11.5 Å². The molecule has 0 aromatic carbocycles. The highest BCUT2D eigenvalue weighted by Gasteiger charge is 2.32. The maximum atomic E-state index is 10.3. The minimum Gasteiger partial charge on any atom is -0.394 e. The third kappa shape index (κ3) is 11.9. The lowest BCUT2D eigenvalue weighted by Gasteiger charge is -2.21. The number of aliphatic hydroxyl groups is 3. The van der Waals surface area contributed by atoms with Gasteiger partial charge in [0.05, 0.1) is 13.2 Å². The van der Waals surface area contributed by atoms with E-state index in [1.807, 2.05) is 0 Å². The number of carbonyl (C=O) groups excluding carboxylic acids is 2. The van der Waals surface area contributed by atoms with E-state index in [-0.39, 0.29) is 12.8 Å². The number of primary amides is 1. The van der Waals surface area contributed by atoms with Gasteiger partial charge in [-0.3, -0.25) is 9.32 Å². The summed E-state index contributed by atoms with van der Waals surface area (Å²) in [5.41, 5.74) is 9.22. The highest BCUT2D eigenvalue weighted by atomic mass is 31.2. The van der Waals surface area contributed by atoms with E-state index in [2.05, 4.69) is 10.3 Å². The highest BCUT2D eigenvalue weighted by molar-refractivity contribution is 7.46. The summed E-state index contributed by atoms with van der Waals surface area (Å²) in [7, 11) is -4.93. The lowest BCUT2D eigenvalue weighted by Crippen LogP contribution is -2.41. The molecule has 3 atom stereocenters. The molecule has 0 unspecified atom stereocenters. The first-order valence-electron chi connectivity index (χ1n) is 4.73. The van der Waals surface area contributed by atoms with E-state index >= 15 is 0 Å². The van der Waals surface area contributed by atoms with E-state index in [1.54, 1.807) is 0 Å². The number of carbonyl (C=O) groups is 2. The van der Waals surface area contributed by atoms with Crippen molar-refractivity contribution in [3.63, 3.8) is 0 Å². The van der Waals surface area contributed by atoms with Gasteiger partial charge in [-0.2, -0.15) is 0 Å². The summed E-state index contributed by atoms with van der Waals surface area (Å²) in [4.78, 5) is 36.3. The Kier molecular flexibility index (Phi) is 10.7. The lowest BCUT2D eigenvalue weighted by molar-refractivity contribution is -0.126. The van der Waals surface area contributed by atoms with Crippen LogP contribution in [0.25, 0.3) is 0 Å². The van der Waals surface area contributed by atoms with Crippen LogP contribution in [0.2, 0.25) is 0 Å². The molecule has 9 N–H and O–H groups in total. The first kappa shape index (κ1) is 20.4. The molecule has 0 aromatic heterocycles. The summed E-state index contributed by atoms with van der Waals surface area (Å²) in [6, 6.07) is 0. The number of amides is 1. The van der Waals surface area contributed by atoms with Crippen LogP contribution in [0.3, 0.4) is 0 Å². The van der Waals surface area contributed by atoms with E-state index in [0.717, 1.165) is 0 Å². The summed E-state index contributed by atoms with van der Waals surface area (Å²) < 4.78 is 14.1. The molecule has 19 heavy (non-hydrogen) atoms. The van der Waals surface area contributed by atoms with E-state index < -0.39 is 38.6 Å². The second-order valence-corrected chi connectivity index (χ2v) is 4.30. The van der Waals surface area contributed by atoms with Crippen LogP contribution in [-0.2, 0) is 18.7 Å². The molecule has 0 radical (unpaired) electrons. The zero-order valence-electron chi connectivity index (χ0n) is 9.69. The topological polar surface area (TPSA) is 214 Å². The molecule has 0 aliphatic carbocycles. The quantitative estimate of drug-likeness (QED) is 0.178. The second-order valence-electron chi connectivity index (χ2n) is 3.11. The molecule has 1 amide bonds. The van der Waals surface area contributed by atoms with Gasteiger partial charge in [0.1, 0.15) is 12.2 Å². The molecule has 114 valence electrons. The van der Waals surface area contributed by atoms with Crippen LogP contribution in [-0.4, -0.2) is 68.8 Å². The zero-order valence-corrected chi connectivity index (χ0v) is 10.6. The number of hydrogen-bond acceptors (Lipinski definition) is 8. The minimum atomic E-state index is -4.93. The molecule has 0 aromatic rings. The molecule has 0 saturated carbocycles. The maximum Gasteiger partial charge on any atom is 0.470 e. The standard InChI is InChI=1S/C5H11O8P.C2H6N2O/c6-1-3(8)5(9)4(2-7)13-14(10,11)12;3-1-2(4)5/h2-6,8-9H,1H2,(H2,10,11,12);1,3H2,(H2,4,5)/t3-,4+,5-;/m1./s1. The Bertz CT molecular complexity index is 320. The molecule has 12 heteroatoms.